The average molecular weight is 685 g/mol. The summed E-state index contributed by atoms with van der Waals surface area (Å²) >= 11 is 0. The van der Waals surface area contributed by atoms with Crippen LogP contribution in [0.1, 0.15) is 36.2 Å². The van der Waals surface area contributed by atoms with Crippen LogP contribution in [0.3, 0.4) is 0 Å². The lowest BCUT2D eigenvalue weighted by molar-refractivity contribution is 0.641. The maximum absolute atomic E-state index is 4.70. The quantitative estimate of drug-likeness (QED) is 0.189. The van der Waals surface area contributed by atoms with E-state index in [4.69, 9.17) is 4.98 Å². The third-order valence-corrected chi connectivity index (χ3v) is 11.0. The third-order valence-electron chi connectivity index (χ3n) is 11.0. The van der Waals surface area contributed by atoms with Gasteiger partial charge in [0.2, 0.25) is 0 Å². The number of aromatic nitrogens is 5. The van der Waals surface area contributed by atoms with Crippen LogP contribution in [0.5, 0.6) is 0 Å². The summed E-state index contributed by atoms with van der Waals surface area (Å²) in [6.45, 7) is 5.38. The molecule has 6 heterocycles. The second-order valence-electron chi connectivity index (χ2n) is 14.3. The molecule has 0 radical (unpaired) electrons. The molecule has 10 rings (SSSR count). The van der Waals surface area contributed by atoms with Gasteiger partial charge in [0.25, 0.3) is 0 Å². The molecule has 4 aromatic carbocycles. The van der Waals surface area contributed by atoms with Crippen LogP contribution in [0.25, 0.3) is 72.7 Å². The van der Waals surface area contributed by atoms with Gasteiger partial charge in [-0.3, -0.25) is 15.0 Å². The number of hydrogen-bond acceptors (Lipinski definition) is 4. The van der Waals surface area contributed by atoms with E-state index in [1.165, 1.54) is 44.6 Å². The van der Waals surface area contributed by atoms with Crippen molar-refractivity contribution in [1.82, 2.24) is 29.4 Å². The molecule has 1 aliphatic heterocycles. The van der Waals surface area contributed by atoms with Crippen LogP contribution in [0.15, 0.2) is 158 Å². The highest BCUT2D eigenvalue weighted by molar-refractivity contribution is 6.06. The van der Waals surface area contributed by atoms with Crippen molar-refractivity contribution >= 4 is 39.0 Å². The van der Waals surface area contributed by atoms with Gasteiger partial charge in [0.15, 0.2) is 0 Å². The van der Waals surface area contributed by atoms with E-state index in [0.29, 0.717) is 0 Å². The lowest BCUT2D eigenvalue weighted by Crippen LogP contribution is -2.18. The molecule has 0 amide bonds. The minimum absolute atomic E-state index is 0.158. The lowest BCUT2D eigenvalue weighted by Gasteiger charge is -2.26. The Kier molecular flexibility index (Phi) is 7.12. The summed E-state index contributed by atoms with van der Waals surface area (Å²) in [5.41, 5.74) is 17.1. The Bertz CT molecular complexity index is 2770. The minimum Gasteiger partial charge on any atom is -0.385 e. The first-order valence-electron chi connectivity index (χ1n) is 18.0. The molecule has 0 spiro atoms. The zero-order valence-corrected chi connectivity index (χ0v) is 29.5. The predicted octanol–water partition coefficient (Wildman–Crippen LogP) is 10.6. The number of pyridine rings is 3. The predicted molar refractivity (Wildman–Crippen MR) is 216 cm³/mol. The number of benzene rings is 4. The molecular formula is C47H36N6. The zero-order valence-electron chi connectivity index (χ0n) is 29.5. The second-order valence-corrected chi connectivity index (χ2v) is 14.3. The molecule has 0 aliphatic carbocycles. The van der Waals surface area contributed by atoms with Gasteiger partial charge in [-0.05, 0) is 100 Å². The van der Waals surface area contributed by atoms with Crippen molar-refractivity contribution in [3.63, 3.8) is 0 Å². The Balaban J connectivity index is 0.883. The molecule has 1 aliphatic rings. The standard InChI is InChI=1S/C47H36N6/c1-47(2,35-15-7-31(8-16-35)33-11-19-37(20-12-33)52-41-5-3-25-50-45(41)39-23-27-48-29-43(39)52)36-17-9-32(10-18-36)34-13-21-38(22-14-34)53-42-6-4-26-51-46(42)40-24-28-49-30-44(40)53/h3-29,49H,30H2,1-2H3. The minimum atomic E-state index is -0.158. The van der Waals surface area contributed by atoms with Crippen molar-refractivity contribution in [2.45, 2.75) is 25.8 Å². The number of hydrogen-bond donors (Lipinski definition) is 1. The van der Waals surface area contributed by atoms with Crippen molar-refractivity contribution in [2.24, 2.45) is 0 Å². The molecule has 6 nitrogen and oxygen atoms in total. The monoisotopic (exact) mass is 684 g/mol. The highest BCUT2D eigenvalue weighted by Crippen LogP contribution is 2.36. The molecule has 53 heavy (non-hydrogen) atoms. The largest absolute Gasteiger partial charge is 0.385 e. The molecule has 0 atom stereocenters. The van der Waals surface area contributed by atoms with E-state index in [9.17, 15) is 0 Å². The van der Waals surface area contributed by atoms with Gasteiger partial charge < -0.3 is 14.5 Å². The van der Waals surface area contributed by atoms with Crippen LogP contribution in [0, 0.1) is 0 Å². The van der Waals surface area contributed by atoms with E-state index in [-0.39, 0.29) is 5.41 Å². The maximum atomic E-state index is 4.70. The number of nitrogens with one attached hydrogen (secondary N) is 1. The highest BCUT2D eigenvalue weighted by atomic mass is 15.0. The van der Waals surface area contributed by atoms with Crippen molar-refractivity contribution in [3.8, 4) is 33.6 Å². The molecule has 0 fully saturated rings. The first-order valence-corrected chi connectivity index (χ1v) is 18.0. The van der Waals surface area contributed by atoms with Gasteiger partial charge in [0.1, 0.15) is 0 Å². The maximum Gasteiger partial charge on any atom is 0.0964 e. The van der Waals surface area contributed by atoms with Gasteiger partial charge in [-0.25, -0.2) is 0 Å². The molecule has 0 bridgehead atoms. The van der Waals surface area contributed by atoms with E-state index >= 15 is 0 Å². The van der Waals surface area contributed by atoms with Crippen LogP contribution < -0.4 is 5.32 Å². The Hall–Kier alpha value is -6.79. The van der Waals surface area contributed by atoms with Crippen LogP contribution in [-0.2, 0) is 12.0 Å². The van der Waals surface area contributed by atoms with Gasteiger partial charge in [-0.2, -0.15) is 0 Å². The Morgan fingerprint density at radius 1 is 0.547 bits per heavy atom. The normalized spacial score (nSPS) is 12.7. The molecule has 5 aromatic heterocycles. The van der Waals surface area contributed by atoms with Gasteiger partial charge in [0.05, 0.1) is 46.0 Å². The van der Waals surface area contributed by atoms with Crippen LogP contribution in [0.4, 0.5) is 0 Å². The molecule has 0 saturated carbocycles. The molecule has 9 aromatic rings. The first kappa shape index (κ1) is 31.0. The summed E-state index contributed by atoms with van der Waals surface area (Å²) in [7, 11) is 0. The summed E-state index contributed by atoms with van der Waals surface area (Å²) in [5.74, 6) is 0. The van der Waals surface area contributed by atoms with E-state index in [2.05, 4.69) is 154 Å². The molecule has 6 heteroatoms. The van der Waals surface area contributed by atoms with Crippen molar-refractivity contribution in [2.75, 3.05) is 0 Å². The summed E-state index contributed by atoms with van der Waals surface area (Å²) in [6, 6.07) is 46.0. The molecule has 0 unspecified atom stereocenters. The van der Waals surface area contributed by atoms with Crippen molar-refractivity contribution in [1.29, 1.82) is 0 Å². The topological polar surface area (TPSA) is 60.6 Å². The van der Waals surface area contributed by atoms with E-state index in [1.807, 2.05) is 49.2 Å². The Morgan fingerprint density at radius 2 is 1.08 bits per heavy atom. The number of rotatable bonds is 6. The third kappa shape index (κ3) is 5.06. The van der Waals surface area contributed by atoms with Crippen molar-refractivity contribution in [3.05, 3.63) is 181 Å². The summed E-state index contributed by atoms with van der Waals surface area (Å²) in [4.78, 5) is 13.8. The fraction of sp³-hybridized carbons (Fsp3) is 0.0851. The average Bonchev–Trinajstić information content (AvgIpc) is 3.74. The second kappa shape index (κ2) is 12.2. The van der Waals surface area contributed by atoms with Crippen LogP contribution in [-0.4, -0.2) is 24.1 Å². The zero-order chi connectivity index (χ0) is 35.5. The van der Waals surface area contributed by atoms with Gasteiger partial charge in [0, 0.05) is 46.3 Å². The molecule has 0 saturated heterocycles. The summed E-state index contributed by atoms with van der Waals surface area (Å²) in [6.07, 6.45) is 11.6. The highest BCUT2D eigenvalue weighted by Gasteiger charge is 2.24. The van der Waals surface area contributed by atoms with Crippen LogP contribution >= 0.6 is 0 Å². The Labute approximate surface area is 307 Å². The lowest BCUT2D eigenvalue weighted by atomic mass is 9.77. The molecule has 1 N–H and O–H groups in total. The van der Waals surface area contributed by atoms with Gasteiger partial charge in [-0.1, -0.05) is 86.6 Å². The van der Waals surface area contributed by atoms with E-state index in [0.717, 1.165) is 50.9 Å². The van der Waals surface area contributed by atoms with Gasteiger partial charge >= 0.3 is 0 Å². The number of nitrogens with zero attached hydrogens (tertiary/aromatic N) is 5. The van der Waals surface area contributed by atoms with E-state index in [1.54, 1.807) is 0 Å². The molecular weight excluding hydrogens is 649 g/mol. The number of fused-ring (bicyclic) bond motifs is 6. The summed E-state index contributed by atoms with van der Waals surface area (Å²) < 4.78 is 4.57. The fourth-order valence-corrected chi connectivity index (χ4v) is 8.02. The first-order chi connectivity index (χ1) is 26.0. The van der Waals surface area contributed by atoms with E-state index < -0.39 is 0 Å². The summed E-state index contributed by atoms with van der Waals surface area (Å²) in [5, 5.41) is 4.48. The molecule has 254 valence electrons. The van der Waals surface area contributed by atoms with Gasteiger partial charge in [-0.15, -0.1) is 0 Å². The fourth-order valence-electron chi connectivity index (χ4n) is 8.02. The smallest absolute Gasteiger partial charge is 0.0964 e. The Morgan fingerprint density at radius 3 is 1.68 bits per heavy atom. The SMILES string of the molecule is CC(C)(c1ccc(-c2ccc(-n3c4c(c5ncccc53)C=CNC4)cc2)cc1)c1ccc(-c2ccc(-n3c4cnccc4c4ncccc43)cc2)cc1. The van der Waals surface area contributed by atoms with Crippen LogP contribution in [0.2, 0.25) is 0 Å². The van der Waals surface area contributed by atoms with Crippen molar-refractivity contribution < 1.29 is 0 Å².